The lowest BCUT2D eigenvalue weighted by atomic mass is 10.1. The second kappa shape index (κ2) is 4.44. The molecular weight excluding hydrogens is 271 g/mol. The van der Waals surface area contributed by atoms with E-state index < -0.39 is 17.5 Å². The molecule has 100 valence electrons. The van der Waals surface area contributed by atoms with Crippen LogP contribution in [0.25, 0.3) is 16.9 Å². The maximum Gasteiger partial charge on any atom is 0.209 e. The maximum absolute atomic E-state index is 13.7. The molecule has 0 saturated heterocycles. The van der Waals surface area contributed by atoms with Crippen LogP contribution in [-0.4, -0.2) is 9.38 Å². The average Bonchev–Trinajstić information content (AvgIpc) is 2.79. The highest BCUT2D eigenvalue weighted by Crippen LogP contribution is 2.32. The third-order valence-electron chi connectivity index (χ3n) is 2.83. The Morgan fingerprint density at radius 1 is 1.05 bits per heavy atom. The van der Waals surface area contributed by atoms with Gasteiger partial charge in [-0.05, 0) is 35.5 Å². The van der Waals surface area contributed by atoms with Gasteiger partial charge in [-0.25, -0.2) is 18.2 Å². The van der Waals surface area contributed by atoms with Gasteiger partial charge in [-0.1, -0.05) is 0 Å². The Hall–Kier alpha value is -2.70. The fourth-order valence-electron chi connectivity index (χ4n) is 1.95. The molecule has 7 heteroatoms. The van der Waals surface area contributed by atoms with Crippen molar-refractivity contribution >= 4 is 11.5 Å². The van der Waals surface area contributed by atoms with Gasteiger partial charge in [0.05, 0.1) is 0 Å². The van der Waals surface area contributed by atoms with Crippen molar-refractivity contribution in [1.82, 2.24) is 9.38 Å². The Labute approximate surface area is 110 Å². The number of pyridine rings is 1. The molecule has 0 bridgehead atoms. The van der Waals surface area contributed by atoms with Crippen molar-refractivity contribution in [3.63, 3.8) is 0 Å². The first kappa shape index (κ1) is 12.3. The van der Waals surface area contributed by atoms with Gasteiger partial charge in [0.25, 0.3) is 0 Å². The maximum atomic E-state index is 13.7. The lowest BCUT2D eigenvalue weighted by Gasteiger charge is -2.00. The van der Waals surface area contributed by atoms with Crippen LogP contribution in [0.5, 0.6) is 0 Å². The van der Waals surface area contributed by atoms with Crippen molar-refractivity contribution in [2.24, 2.45) is 5.18 Å². The summed E-state index contributed by atoms with van der Waals surface area (Å²) in [5.74, 6) is -2.32. The summed E-state index contributed by atoms with van der Waals surface area (Å²) in [6.07, 6.45) is 1.000. The molecule has 2 aromatic heterocycles. The number of aromatic nitrogens is 2. The number of fused-ring (bicyclic) bond motifs is 1. The predicted molar refractivity (Wildman–Crippen MR) is 66.0 cm³/mol. The Morgan fingerprint density at radius 2 is 1.80 bits per heavy atom. The van der Waals surface area contributed by atoms with E-state index in [2.05, 4.69) is 10.2 Å². The van der Waals surface area contributed by atoms with Crippen LogP contribution < -0.4 is 0 Å². The zero-order valence-corrected chi connectivity index (χ0v) is 9.85. The molecule has 0 fully saturated rings. The molecule has 0 unspecified atom stereocenters. The van der Waals surface area contributed by atoms with Gasteiger partial charge in [-0.3, -0.25) is 4.40 Å². The molecule has 2 heterocycles. The number of nitrogens with zero attached hydrogens (tertiary/aromatic N) is 3. The molecule has 0 aliphatic carbocycles. The number of rotatable bonds is 2. The molecule has 0 aliphatic rings. The van der Waals surface area contributed by atoms with Gasteiger partial charge in [0, 0.05) is 11.8 Å². The van der Waals surface area contributed by atoms with Crippen molar-refractivity contribution < 1.29 is 13.2 Å². The van der Waals surface area contributed by atoms with Crippen LogP contribution in [0.15, 0.2) is 41.7 Å². The summed E-state index contributed by atoms with van der Waals surface area (Å²) in [6.45, 7) is 0. The topological polar surface area (TPSA) is 46.7 Å². The molecular formula is C13H6F3N3O. The second-order valence-corrected chi connectivity index (χ2v) is 4.07. The number of benzene rings is 1. The van der Waals surface area contributed by atoms with Crippen molar-refractivity contribution in [3.8, 4) is 11.3 Å². The van der Waals surface area contributed by atoms with E-state index in [0.29, 0.717) is 0 Å². The molecule has 0 atom stereocenters. The number of hydrogen-bond donors (Lipinski definition) is 0. The number of nitroso groups, excluding NO2 is 1. The highest BCUT2D eigenvalue weighted by atomic mass is 19.1. The molecule has 0 spiro atoms. The van der Waals surface area contributed by atoms with Crippen molar-refractivity contribution in [1.29, 1.82) is 0 Å². The van der Waals surface area contributed by atoms with E-state index in [4.69, 9.17) is 0 Å². The highest BCUT2D eigenvalue weighted by molar-refractivity contribution is 5.74. The predicted octanol–water partition coefficient (Wildman–Crippen LogP) is 3.82. The average molecular weight is 277 g/mol. The van der Waals surface area contributed by atoms with Crippen LogP contribution in [0.1, 0.15) is 0 Å². The van der Waals surface area contributed by atoms with Crippen LogP contribution in [0, 0.1) is 22.4 Å². The van der Waals surface area contributed by atoms with Gasteiger partial charge >= 0.3 is 0 Å². The van der Waals surface area contributed by atoms with Crippen LogP contribution in [0.2, 0.25) is 0 Å². The summed E-state index contributed by atoms with van der Waals surface area (Å²) < 4.78 is 41.2. The molecule has 1 aromatic carbocycles. The molecule has 0 radical (unpaired) electrons. The van der Waals surface area contributed by atoms with E-state index in [1.807, 2.05) is 0 Å². The lowest BCUT2D eigenvalue weighted by Crippen LogP contribution is -1.87. The van der Waals surface area contributed by atoms with E-state index in [1.54, 1.807) is 0 Å². The van der Waals surface area contributed by atoms with Crippen molar-refractivity contribution in [3.05, 3.63) is 58.9 Å². The van der Waals surface area contributed by atoms with E-state index in [0.717, 1.165) is 34.9 Å². The molecule has 3 aromatic rings. The van der Waals surface area contributed by atoms with Gasteiger partial charge in [0.15, 0.2) is 0 Å². The lowest BCUT2D eigenvalue weighted by molar-refractivity contribution is 0.603. The van der Waals surface area contributed by atoms with Crippen LogP contribution >= 0.6 is 0 Å². The first-order valence-electron chi connectivity index (χ1n) is 5.56. The molecule has 0 amide bonds. The van der Waals surface area contributed by atoms with Crippen LogP contribution in [0.4, 0.5) is 19.0 Å². The smallest absolute Gasteiger partial charge is 0.209 e. The van der Waals surface area contributed by atoms with Crippen molar-refractivity contribution in [2.75, 3.05) is 0 Å². The Bertz CT molecular complexity index is 829. The molecule has 3 rings (SSSR count). The Kier molecular flexibility index (Phi) is 2.74. The third-order valence-corrected chi connectivity index (χ3v) is 2.83. The standard InChI is InChI=1S/C13H6F3N3O/c14-7-1-3-10(16)9(5-7)12-13(18-20)19-6-8(15)2-4-11(19)17-12/h1-6H. The molecule has 0 saturated carbocycles. The first-order chi connectivity index (χ1) is 9.60. The van der Waals surface area contributed by atoms with Crippen LogP contribution in [0.3, 0.4) is 0 Å². The molecule has 0 aliphatic heterocycles. The third kappa shape index (κ3) is 1.83. The van der Waals surface area contributed by atoms with E-state index in [-0.39, 0.29) is 22.7 Å². The fraction of sp³-hybridized carbons (Fsp3) is 0. The fourth-order valence-corrected chi connectivity index (χ4v) is 1.95. The van der Waals surface area contributed by atoms with Crippen molar-refractivity contribution in [2.45, 2.75) is 0 Å². The van der Waals surface area contributed by atoms with Gasteiger partial charge in [-0.2, -0.15) is 0 Å². The number of imidazole rings is 1. The van der Waals surface area contributed by atoms with Gasteiger partial charge in [-0.15, -0.1) is 4.91 Å². The molecule has 0 N–H and O–H groups in total. The molecule has 4 nitrogen and oxygen atoms in total. The van der Waals surface area contributed by atoms with Gasteiger partial charge in [0.1, 0.15) is 28.8 Å². The Balaban J connectivity index is 2.36. The minimum atomic E-state index is -0.750. The molecule has 20 heavy (non-hydrogen) atoms. The summed E-state index contributed by atoms with van der Waals surface area (Å²) in [5.41, 5.74) is -0.133. The summed E-state index contributed by atoms with van der Waals surface area (Å²) in [5, 5.41) is 2.74. The SMILES string of the molecule is O=Nc1c(-c2cc(F)ccc2F)nc2ccc(F)cn12. The minimum absolute atomic E-state index is 0.136. The highest BCUT2D eigenvalue weighted by Gasteiger charge is 2.18. The van der Waals surface area contributed by atoms with Gasteiger partial charge in [0.2, 0.25) is 5.82 Å². The second-order valence-electron chi connectivity index (χ2n) is 4.07. The van der Waals surface area contributed by atoms with Crippen LogP contribution in [-0.2, 0) is 0 Å². The zero-order chi connectivity index (χ0) is 14.3. The summed E-state index contributed by atoms with van der Waals surface area (Å²) in [6, 6.07) is 5.22. The van der Waals surface area contributed by atoms with E-state index in [9.17, 15) is 18.1 Å². The number of hydrogen-bond acceptors (Lipinski definition) is 3. The number of halogens is 3. The summed E-state index contributed by atoms with van der Waals surface area (Å²) >= 11 is 0. The van der Waals surface area contributed by atoms with E-state index in [1.165, 1.54) is 6.07 Å². The van der Waals surface area contributed by atoms with E-state index >= 15 is 0 Å². The Morgan fingerprint density at radius 3 is 2.55 bits per heavy atom. The first-order valence-corrected chi connectivity index (χ1v) is 5.56. The summed E-state index contributed by atoms with van der Waals surface area (Å²) in [7, 11) is 0. The van der Waals surface area contributed by atoms with Gasteiger partial charge < -0.3 is 0 Å². The normalized spacial score (nSPS) is 10.9. The summed E-state index contributed by atoms with van der Waals surface area (Å²) in [4.78, 5) is 14.9. The quantitative estimate of drug-likeness (QED) is 0.668. The minimum Gasteiger partial charge on any atom is -0.278 e. The zero-order valence-electron chi connectivity index (χ0n) is 9.85. The monoisotopic (exact) mass is 277 g/mol. The largest absolute Gasteiger partial charge is 0.278 e.